The Morgan fingerprint density at radius 3 is 2.38 bits per heavy atom. The van der Waals surface area contributed by atoms with E-state index in [0.717, 1.165) is 17.5 Å². The molecule has 0 aliphatic carbocycles. The Bertz CT molecular complexity index is 1260. The van der Waals surface area contributed by atoms with Crippen LogP contribution in [0, 0.1) is 5.82 Å². The number of anilines is 1. The highest BCUT2D eigenvalue weighted by atomic mass is 32.2. The van der Waals surface area contributed by atoms with Gasteiger partial charge in [0.05, 0.1) is 11.4 Å². The standard InChI is InChI=1S/C21H21FN4O5S/c22-16-5-3-15(4-6-16)20-24-26(21(28)31-20)14-11-19(27)23-17-7-9-18(10-8-17)32(29,30)25-12-1-2-13-25/h3-10H,1-2,11-14H2,(H,23,27). The number of hydrogen-bond acceptors (Lipinski definition) is 6. The number of halogens is 1. The summed E-state index contributed by atoms with van der Waals surface area (Å²) in [6, 6.07) is 11.3. The van der Waals surface area contributed by atoms with Crippen molar-refractivity contribution in [3.63, 3.8) is 0 Å². The van der Waals surface area contributed by atoms with Crippen molar-refractivity contribution in [2.75, 3.05) is 18.4 Å². The molecule has 2 heterocycles. The summed E-state index contributed by atoms with van der Waals surface area (Å²) in [5.41, 5.74) is 0.880. The van der Waals surface area contributed by atoms with Crippen LogP contribution in [0.2, 0.25) is 0 Å². The van der Waals surface area contributed by atoms with E-state index < -0.39 is 21.6 Å². The van der Waals surface area contributed by atoms with Gasteiger partial charge in [-0.1, -0.05) is 0 Å². The number of nitrogens with one attached hydrogen (secondary N) is 1. The highest BCUT2D eigenvalue weighted by molar-refractivity contribution is 7.89. The summed E-state index contributed by atoms with van der Waals surface area (Å²) in [4.78, 5) is 24.4. The zero-order valence-electron chi connectivity index (χ0n) is 17.0. The molecular formula is C21H21FN4O5S. The Morgan fingerprint density at radius 1 is 1.06 bits per heavy atom. The van der Waals surface area contributed by atoms with Crippen LogP contribution in [0.3, 0.4) is 0 Å². The lowest BCUT2D eigenvalue weighted by atomic mass is 10.2. The summed E-state index contributed by atoms with van der Waals surface area (Å²) < 4.78 is 45.7. The number of carbonyl (C=O) groups is 1. The molecule has 0 radical (unpaired) electrons. The highest BCUT2D eigenvalue weighted by Gasteiger charge is 2.26. The number of carbonyl (C=O) groups excluding carboxylic acids is 1. The van der Waals surface area contributed by atoms with E-state index in [1.165, 1.54) is 52.8 Å². The summed E-state index contributed by atoms with van der Waals surface area (Å²) in [6.45, 7) is 1.02. The fraction of sp³-hybridized carbons (Fsp3) is 0.286. The average Bonchev–Trinajstić information content (AvgIpc) is 3.44. The summed E-state index contributed by atoms with van der Waals surface area (Å²) in [6.07, 6.45) is 1.66. The molecule has 11 heteroatoms. The van der Waals surface area contributed by atoms with Crippen LogP contribution < -0.4 is 11.1 Å². The Hall–Kier alpha value is -3.31. The minimum atomic E-state index is -3.51. The van der Waals surface area contributed by atoms with Crippen LogP contribution in [0.5, 0.6) is 0 Å². The minimum Gasteiger partial charge on any atom is -0.388 e. The van der Waals surface area contributed by atoms with Crippen molar-refractivity contribution in [3.8, 4) is 11.5 Å². The number of sulfonamides is 1. The van der Waals surface area contributed by atoms with Crippen molar-refractivity contribution < 1.29 is 22.0 Å². The van der Waals surface area contributed by atoms with Gasteiger partial charge in [0.1, 0.15) is 5.82 Å². The highest BCUT2D eigenvalue weighted by Crippen LogP contribution is 2.22. The zero-order valence-corrected chi connectivity index (χ0v) is 17.8. The maximum absolute atomic E-state index is 13.0. The van der Waals surface area contributed by atoms with Crippen molar-refractivity contribution >= 4 is 21.6 Å². The van der Waals surface area contributed by atoms with Crippen molar-refractivity contribution in [2.45, 2.75) is 30.7 Å². The van der Waals surface area contributed by atoms with Crippen molar-refractivity contribution in [1.29, 1.82) is 0 Å². The first-order valence-corrected chi connectivity index (χ1v) is 11.5. The fourth-order valence-corrected chi connectivity index (χ4v) is 4.89. The molecule has 1 N–H and O–H groups in total. The number of aromatic nitrogens is 2. The summed E-state index contributed by atoms with van der Waals surface area (Å²) in [7, 11) is -3.51. The predicted octanol–water partition coefficient (Wildman–Crippen LogP) is 2.46. The average molecular weight is 460 g/mol. The lowest BCUT2D eigenvalue weighted by Crippen LogP contribution is -2.27. The number of hydrogen-bond donors (Lipinski definition) is 1. The topological polar surface area (TPSA) is 115 Å². The largest absolute Gasteiger partial charge is 0.437 e. The molecule has 3 aromatic rings. The number of amides is 1. The minimum absolute atomic E-state index is 0.0171. The predicted molar refractivity (Wildman–Crippen MR) is 114 cm³/mol. The molecule has 0 unspecified atom stereocenters. The van der Waals surface area contributed by atoms with Crippen molar-refractivity contribution in [2.24, 2.45) is 0 Å². The summed E-state index contributed by atoms with van der Waals surface area (Å²) >= 11 is 0. The van der Waals surface area contributed by atoms with Gasteiger partial charge in [0.2, 0.25) is 21.8 Å². The molecule has 1 aliphatic heterocycles. The molecule has 1 fully saturated rings. The van der Waals surface area contributed by atoms with Crippen LogP contribution in [-0.2, 0) is 21.4 Å². The van der Waals surface area contributed by atoms with E-state index in [4.69, 9.17) is 4.42 Å². The maximum Gasteiger partial charge on any atom is 0.437 e. The first kappa shape index (κ1) is 21.9. The van der Waals surface area contributed by atoms with Gasteiger partial charge in [-0.2, -0.15) is 8.99 Å². The zero-order chi connectivity index (χ0) is 22.7. The molecule has 1 aliphatic rings. The van der Waals surface area contributed by atoms with Gasteiger partial charge in [-0.05, 0) is 61.4 Å². The molecule has 1 amide bonds. The van der Waals surface area contributed by atoms with Gasteiger partial charge >= 0.3 is 5.76 Å². The molecule has 0 bridgehead atoms. The second-order valence-electron chi connectivity index (χ2n) is 7.34. The van der Waals surface area contributed by atoms with E-state index in [2.05, 4.69) is 10.4 Å². The first-order chi connectivity index (χ1) is 15.3. The Morgan fingerprint density at radius 2 is 1.72 bits per heavy atom. The quantitative estimate of drug-likeness (QED) is 0.579. The van der Waals surface area contributed by atoms with Gasteiger partial charge in [-0.15, -0.1) is 5.10 Å². The van der Waals surface area contributed by atoms with E-state index in [0.29, 0.717) is 24.3 Å². The van der Waals surface area contributed by atoms with Gasteiger partial charge in [-0.25, -0.2) is 17.6 Å². The molecule has 0 spiro atoms. The monoisotopic (exact) mass is 460 g/mol. The summed E-state index contributed by atoms with van der Waals surface area (Å²) in [5.74, 6) is -1.49. The van der Waals surface area contributed by atoms with Crippen molar-refractivity contribution in [1.82, 2.24) is 14.1 Å². The second-order valence-corrected chi connectivity index (χ2v) is 9.27. The van der Waals surface area contributed by atoms with Gasteiger partial charge < -0.3 is 9.73 Å². The van der Waals surface area contributed by atoms with E-state index in [1.807, 2.05) is 0 Å². The SMILES string of the molecule is O=C(CCn1nc(-c2ccc(F)cc2)oc1=O)Nc1ccc(S(=O)(=O)N2CCCC2)cc1. The first-order valence-electron chi connectivity index (χ1n) is 10.1. The Labute approximate surface area is 183 Å². The third-order valence-electron chi connectivity index (χ3n) is 5.09. The lowest BCUT2D eigenvalue weighted by Gasteiger charge is -2.15. The van der Waals surface area contributed by atoms with Crippen LogP contribution in [0.1, 0.15) is 19.3 Å². The number of aryl methyl sites for hydroxylation is 1. The third-order valence-corrected chi connectivity index (χ3v) is 7.00. The smallest absolute Gasteiger partial charge is 0.388 e. The molecule has 0 atom stereocenters. The molecule has 32 heavy (non-hydrogen) atoms. The third kappa shape index (κ3) is 4.78. The molecule has 4 rings (SSSR count). The van der Waals surface area contributed by atoms with E-state index in [9.17, 15) is 22.4 Å². The van der Waals surface area contributed by atoms with Crippen molar-refractivity contribution in [3.05, 3.63) is 64.9 Å². The molecule has 2 aromatic carbocycles. The molecule has 0 saturated carbocycles. The van der Waals surface area contributed by atoms with Gasteiger partial charge in [-0.3, -0.25) is 4.79 Å². The number of rotatable bonds is 7. The molecule has 168 valence electrons. The summed E-state index contributed by atoms with van der Waals surface area (Å²) in [5, 5.41) is 6.69. The van der Waals surface area contributed by atoms with Crippen LogP contribution in [0.4, 0.5) is 10.1 Å². The normalized spacial score (nSPS) is 14.5. The second kappa shape index (κ2) is 9.05. The van der Waals surface area contributed by atoms with E-state index in [1.54, 1.807) is 0 Å². The molecule has 1 aromatic heterocycles. The van der Waals surface area contributed by atoms with Gasteiger partial charge in [0.25, 0.3) is 0 Å². The van der Waals surface area contributed by atoms with Crippen LogP contribution in [-0.4, -0.2) is 41.5 Å². The maximum atomic E-state index is 13.0. The van der Waals surface area contributed by atoms with Gasteiger partial charge in [0, 0.05) is 30.8 Å². The molecular weight excluding hydrogens is 439 g/mol. The van der Waals surface area contributed by atoms with E-state index in [-0.39, 0.29) is 29.7 Å². The number of benzene rings is 2. The van der Waals surface area contributed by atoms with Crippen LogP contribution in [0.25, 0.3) is 11.5 Å². The lowest BCUT2D eigenvalue weighted by molar-refractivity contribution is -0.116. The van der Waals surface area contributed by atoms with Crippen LogP contribution >= 0.6 is 0 Å². The molecule has 9 nitrogen and oxygen atoms in total. The Balaban J connectivity index is 1.35. The fourth-order valence-electron chi connectivity index (χ4n) is 3.38. The number of nitrogens with zero attached hydrogens (tertiary/aromatic N) is 3. The van der Waals surface area contributed by atoms with Crippen LogP contribution in [0.15, 0.2) is 62.6 Å². The molecule has 1 saturated heterocycles. The van der Waals surface area contributed by atoms with E-state index >= 15 is 0 Å². The Kier molecular flexibility index (Phi) is 6.19. The van der Waals surface area contributed by atoms with Gasteiger partial charge in [0.15, 0.2) is 0 Å².